The summed E-state index contributed by atoms with van der Waals surface area (Å²) in [6.07, 6.45) is 0. The Bertz CT molecular complexity index is 504. The molecule has 2 heterocycles. The molecule has 19 heavy (non-hydrogen) atoms. The van der Waals surface area contributed by atoms with Crippen LogP contribution in [0.25, 0.3) is 0 Å². The molecule has 1 fully saturated rings. The quantitative estimate of drug-likeness (QED) is 0.519. The fourth-order valence-corrected chi connectivity index (χ4v) is 13.0. The van der Waals surface area contributed by atoms with Gasteiger partial charge in [0.25, 0.3) is 10.2 Å². The first kappa shape index (κ1) is 16.1. The summed E-state index contributed by atoms with van der Waals surface area (Å²) < 4.78 is 39.0. The van der Waals surface area contributed by atoms with Gasteiger partial charge in [-0.25, -0.2) is 0 Å². The van der Waals surface area contributed by atoms with E-state index >= 15 is 0 Å². The van der Waals surface area contributed by atoms with Crippen LogP contribution in [0.15, 0.2) is 4.15 Å². The fourth-order valence-electron chi connectivity index (χ4n) is 2.27. The van der Waals surface area contributed by atoms with E-state index in [0.717, 1.165) is 0 Å². The van der Waals surface area contributed by atoms with Crippen molar-refractivity contribution in [3.8, 4) is 0 Å². The van der Waals surface area contributed by atoms with E-state index in [9.17, 15) is 8.42 Å². The Morgan fingerprint density at radius 3 is 1.84 bits per heavy atom. The standard InChI is InChI=1S/C8H20N5O2PS3/c1-7(2,3)12-16(9-17-11-18-10-16)13(8(4,5)6)19(12,14)15/h9,11H,1-6H3. The Morgan fingerprint density at radius 2 is 1.53 bits per heavy atom. The number of hydrogen-bond acceptors (Lipinski definition) is 7. The molecule has 7 nitrogen and oxygen atoms in total. The highest BCUT2D eigenvalue weighted by Crippen LogP contribution is 2.73. The Hall–Kier alpha value is 0.720. The van der Waals surface area contributed by atoms with Crippen LogP contribution >= 0.6 is 31.8 Å². The topological polar surface area (TPSA) is 77.0 Å². The van der Waals surface area contributed by atoms with Crippen molar-refractivity contribution in [3.05, 3.63) is 0 Å². The minimum absolute atomic E-state index is 0.511. The van der Waals surface area contributed by atoms with Crippen LogP contribution in [0.3, 0.4) is 0 Å². The van der Waals surface area contributed by atoms with E-state index in [1.165, 1.54) is 32.4 Å². The zero-order valence-corrected chi connectivity index (χ0v) is 15.2. The molecular weight excluding hydrogens is 325 g/mol. The van der Waals surface area contributed by atoms with Gasteiger partial charge in [0, 0.05) is 23.2 Å². The van der Waals surface area contributed by atoms with E-state index in [1.54, 1.807) is 0 Å². The number of nitrogens with zero attached hydrogens (tertiary/aromatic N) is 3. The molecule has 1 saturated heterocycles. The average molecular weight is 345 g/mol. The molecule has 0 saturated carbocycles. The van der Waals surface area contributed by atoms with Crippen molar-refractivity contribution < 1.29 is 8.42 Å². The molecule has 0 radical (unpaired) electrons. The lowest BCUT2D eigenvalue weighted by Gasteiger charge is -2.60. The molecule has 2 aliphatic rings. The highest BCUT2D eigenvalue weighted by Gasteiger charge is 2.67. The molecule has 0 aromatic rings. The van der Waals surface area contributed by atoms with Gasteiger partial charge in [-0.3, -0.25) is 0 Å². The van der Waals surface area contributed by atoms with Gasteiger partial charge in [0.05, 0.1) is 12.1 Å². The molecule has 0 aromatic heterocycles. The first-order chi connectivity index (χ1) is 8.44. The summed E-state index contributed by atoms with van der Waals surface area (Å²) in [7, 11) is -5.91. The lowest BCUT2D eigenvalue weighted by atomic mass is 10.1. The minimum Gasteiger partial charge on any atom is -0.194 e. The summed E-state index contributed by atoms with van der Waals surface area (Å²) in [5.41, 5.74) is -1.02. The second kappa shape index (κ2) is 4.61. The summed E-state index contributed by atoms with van der Waals surface area (Å²) in [5, 5.41) is 0. The summed E-state index contributed by atoms with van der Waals surface area (Å²) >= 11 is 2.48. The first-order valence-electron chi connectivity index (χ1n) is 5.76. The van der Waals surface area contributed by atoms with E-state index in [2.05, 4.69) is 12.8 Å². The van der Waals surface area contributed by atoms with Gasteiger partial charge in [-0.2, -0.15) is 21.2 Å². The summed E-state index contributed by atoms with van der Waals surface area (Å²) in [5.74, 6) is 0. The van der Waals surface area contributed by atoms with Crippen LogP contribution in [-0.4, -0.2) is 27.6 Å². The maximum Gasteiger partial charge on any atom is 0.296 e. The Labute approximate surface area is 124 Å². The van der Waals surface area contributed by atoms with Crippen molar-refractivity contribution in [2.75, 3.05) is 0 Å². The van der Waals surface area contributed by atoms with Crippen LogP contribution in [-0.2, 0) is 10.2 Å². The van der Waals surface area contributed by atoms with Crippen LogP contribution in [0.5, 0.6) is 0 Å². The molecular formula is C8H20N5O2PS3. The third kappa shape index (κ3) is 2.40. The zero-order valence-electron chi connectivity index (χ0n) is 11.8. The van der Waals surface area contributed by atoms with Gasteiger partial charge in [0.2, 0.25) is 7.51 Å². The van der Waals surface area contributed by atoms with E-state index in [1.807, 2.05) is 41.5 Å². The molecule has 0 amide bonds. The monoisotopic (exact) mass is 345 g/mol. The van der Waals surface area contributed by atoms with Crippen LogP contribution < -0.4 is 8.62 Å². The molecule has 1 spiro atoms. The summed E-state index contributed by atoms with van der Waals surface area (Å²) in [6, 6.07) is 0. The molecule has 11 heteroatoms. The van der Waals surface area contributed by atoms with Crippen LogP contribution in [0, 0.1) is 0 Å². The van der Waals surface area contributed by atoms with Crippen LogP contribution in [0.2, 0.25) is 0 Å². The summed E-state index contributed by atoms with van der Waals surface area (Å²) in [6.45, 7) is 11.3. The zero-order chi connectivity index (χ0) is 14.7. The van der Waals surface area contributed by atoms with Gasteiger partial charge >= 0.3 is 0 Å². The Kier molecular flexibility index (Phi) is 3.90. The van der Waals surface area contributed by atoms with Gasteiger partial charge in [0.15, 0.2) is 0 Å². The molecule has 0 aromatic carbocycles. The number of rotatable bonds is 0. The van der Waals surface area contributed by atoms with Gasteiger partial charge in [-0.15, -0.1) is 8.15 Å². The van der Waals surface area contributed by atoms with Crippen molar-refractivity contribution in [1.82, 2.24) is 16.8 Å². The maximum atomic E-state index is 12.7. The van der Waals surface area contributed by atoms with Crippen molar-refractivity contribution in [2.24, 2.45) is 4.15 Å². The second-order valence-electron chi connectivity index (χ2n) is 6.35. The minimum atomic E-state index is -3.48. The molecule has 112 valence electrons. The second-order valence-corrected chi connectivity index (χ2v) is 12.9. The molecule has 0 aliphatic carbocycles. The fraction of sp³-hybridized carbons (Fsp3) is 1.00. The molecule has 2 rings (SSSR count). The predicted molar refractivity (Wildman–Crippen MR) is 82.9 cm³/mol. The van der Waals surface area contributed by atoms with Crippen molar-refractivity contribution in [1.29, 1.82) is 0 Å². The highest BCUT2D eigenvalue weighted by molar-refractivity contribution is 8.20. The number of nitrogens with one attached hydrogen (secondary N) is 2. The van der Waals surface area contributed by atoms with Gasteiger partial charge in [-0.1, -0.05) is 0 Å². The van der Waals surface area contributed by atoms with E-state index < -0.39 is 28.8 Å². The van der Waals surface area contributed by atoms with Crippen molar-refractivity contribution >= 4 is 42.0 Å². The lowest BCUT2D eigenvalue weighted by Crippen LogP contribution is -2.67. The largest absolute Gasteiger partial charge is 0.296 e. The van der Waals surface area contributed by atoms with Gasteiger partial charge in [0.1, 0.15) is 0 Å². The van der Waals surface area contributed by atoms with Gasteiger partial charge < -0.3 is 0 Å². The Morgan fingerprint density at radius 1 is 1.05 bits per heavy atom. The smallest absolute Gasteiger partial charge is 0.194 e. The Balaban J connectivity index is 2.62. The average Bonchev–Trinajstić information content (AvgIpc) is 2.11. The summed E-state index contributed by atoms with van der Waals surface area (Å²) in [4.78, 5) is 0. The van der Waals surface area contributed by atoms with Crippen LogP contribution in [0.4, 0.5) is 0 Å². The highest BCUT2D eigenvalue weighted by atomic mass is 32.3. The first-order valence-corrected chi connectivity index (χ1v) is 10.4. The van der Waals surface area contributed by atoms with Crippen molar-refractivity contribution in [3.63, 3.8) is 0 Å². The van der Waals surface area contributed by atoms with Gasteiger partial charge in [-0.05, 0) is 41.5 Å². The third-order valence-electron chi connectivity index (χ3n) is 2.49. The molecule has 2 N–H and O–H groups in total. The van der Waals surface area contributed by atoms with E-state index in [-0.39, 0.29) is 0 Å². The molecule has 2 aliphatic heterocycles. The molecule has 0 unspecified atom stereocenters. The van der Waals surface area contributed by atoms with Crippen molar-refractivity contribution in [2.45, 2.75) is 52.6 Å². The third-order valence-corrected chi connectivity index (χ3v) is 12.5. The molecule has 0 bridgehead atoms. The van der Waals surface area contributed by atoms with E-state index in [0.29, 0.717) is 0 Å². The maximum absolute atomic E-state index is 12.7. The normalized spacial score (nSPS) is 27.9. The lowest BCUT2D eigenvalue weighted by molar-refractivity contribution is 0.251. The molecule has 0 atom stereocenters. The van der Waals surface area contributed by atoms with Crippen LogP contribution in [0.1, 0.15) is 41.5 Å². The predicted octanol–water partition coefficient (Wildman–Crippen LogP) is 2.71. The number of hydrogen-bond donors (Lipinski definition) is 2. The SMILES string of the molecule is CC(C)(C)N1P2(=NSNSN2)N(C(C)(C)C)S1(=O)=O. The van der Waals surface area contributed by atoms with E-state index in [4.69, 9.17) is 0 Å².